The number of carbonyl (C=O) groups is 1. The van der Waals surface area contributed by atoms with Gasteiger partial charge in [-0.15, -0.1) is 0 Å². The molecule has 1 aliphatic rings. The zero-order chi connectivity index (χ0) is 13.0. The van der Waals surface area contributed by atoms with E-state index in [2.05, 4.69) is 20.4 Å². The Morgan fingerprint density at radius 2 is 2.17 bits per heavy atom. The zero-order valence-electron chi connectivity index (χ0n) is 11.0. The van der Waals surface area contributed by atoms with Crippen LogP contribution in [0.2, 0.25) is 0 Å². The molecule has 1 saturated heterocycles. The Labute approximate surface area is 112 Å². The van der Waals surface area contributed by atoms with Gasteiger partial charge in [0.1, 0.15) is 0 Å². The molecule has 0 aromatic carbocycles. The number of rotatable bonds is 4. The maximum atomic E-state index is 12.0. The van der Waals surface area contributed by atoms with Gasteiger partial charge in [-0.3, -0.25) is 14.8 Å². The first-order chi connectivity index (χ1) is 8.68. The minimum Gasteiger partial charge on any atom is -0.351 e. The molecular formula is C12H20N4OS. The number of thioether (sulfide) groups is 1. The van der Waals surface area contributed by atoms with Crippen LogP contribution in [0.15, 0.2) is 0 Å². The molecule has 5 nitrogen and oxygen atoms in total. The molecule has 6 heteroatoms. The van der Waals surface area contributed by atoms with Crippen molar-refractivity contribution in [1.82, 2.24) is 20.4 Å². The number of nitrogens with zero attached hydrogens (tertiary/aromatic N) is 2. The van der Waals surface area contributed by atoms with Gasteiger partial charge in [-0.1, -0.05) is 0 Å². The van der Waals surface area contributed by atoms with Crippen LogP contribution in [-0.2, 0) is 0 Å². The molecule has 1 amide bonds. The number of carbonyl (C=O) groups excluding carboxylic acids is 1. The van der Waals surface area contributed by atoms with Crippen molar-refractivity contribution in [3.05, 3.63) is 17.0 Å². The van der Waals surface area contributed by atoms with E-state index in [1.165, 1.54) is 11.5 Å². The highest BCUT2D eigenvalue weighted by atomic mass is 32.2. The van der Waals surface area contributed by atoms with Gasteiger partial charge in [0.2, 0.25) is 0 Å². The van der Waals surface area contributed by atoms with Gasteiger partial charge in [0.25, 0.3) is 5.91 Å². The summed E-state index contributed by atoms with van der Waals surface area (Å²) in [6.07, 6.45) is 0. The van der Waals surface area contributed by atoms with Crippen molar-refractivity contribution in [1.29, 1.82) is 0 Å². The summed E-state index contributed by atoms with van der Waals surface area (Å²) < 4.78 is 0. The van der Waals surface area contributed by atoms with Crippen molar-refractivity contribution in [2.45, 2.75) is 13.8 Å². The van der Waals surface area contributed by atoms with Gasteiger partial charge < -0.3 is 5.32 Å². The smallest absolute Gasteiger partial charge is 0.255 e. The molecule has 0 unspecified atom stereocenters. The molecule has 1 aliphatic heterocycles. The number of aromatic nitrogens is 2. The number of aryl methyl sites for hydroxylation is 2. The number of aromatic amines is 1. The molecule has 18 heavy (non-hydrogen) atoms. The largest absolute Gasteiger partial charge is 0.351 e. The minimum absolute atomic E-state index is 0.0230. The van der Waals surface area contributed by atoms with E-state index >= 15 is 0 Å². The monoisotopic (exact) mass is 268 g/mol. The lowest BCUT2D eigenvalue weighted by Crippen LogP contribution is -2.39. The fourth-order valence-electron chi connectivity index (χ4n) is 2.13. The van der Waals surface area contributed by atoms with E-state index < -0.39 is 0 Å². The Hall–Kier alpha value is -1.01. The van der Waals surface area contributed by atoms with Crippen LogP contribution in [-0.4, -0.2) is 58.7 Å². The summed E-state index contributed by atoms with van der Waals surface area (Å²) in [5, 5.41) is 9.84. The third-order valence-electron chi connectivity index (χ3n) is 3.17. The Morgan fingerprint density at radius 3 is 2.78 bits per heavy atom. The summed E-state index contributed by atoms with van der Waals surface area (Å²) in [6.45, 7) is 7.61. The summed E-state index contributed by atoms with van der Waals surface area (Å²) in [5.41, 5.74) is 2.28. The number of amides is 1. The standard InChI is InChI=1S/C12H20N4OS/c1-9-11(10(2)15-14-9)12(17)13-3-4-16-5-7-18-8-6-16/h3-8H2,1-2H3,(H,13,17)(H,14,15). The van der Waals surface area contributed by atoms with Crippen molar-refractivity contribution in [2.75, 3.05) is 37.7 Å². The maximum absolute atomic E-state index is 12.0. The molecule has 2 N–H and O–H groups in total. The molecule has 0 aliphatic carbocycles. The van der Waals surface area contributed by atoms with Crippen LogP contribution in [0, 0.1) is 13.8 Å². The number of H-pyrrole nitrogens is 1. The minimum atomic E-state index is -0.0230. The summed E-state index contributed by atoms with van der Waals surface area (Å²) in [6, 6.07) is 0. The van der Waals surface area contributed by atoms with E-state index in [0.29, 0.717) is 12.1 Å². The molecule has 0 saturated carbocycles. The average molecular weight is 268 g/mol. The fourth-order valence-corrected chi connectivity index (χ4v) is 3.10. The molecule has 0 radical (unpaired) electrons. The van der Waals surface area contributed by atoms with Crippen LogP contribution in [0.1, 0.15) is 21.7 Å². The predicted molar refractivity (Wildman–Crippen MR) is 74.2 cm³/mol. The lowest BCUT2D eigenvalue weighted by molar-refractivity contribution is 0.0948. The van der Waals surface area contributed by atoms with Crippen molar-refractivity contribution in [3.8, 4) is 0 Å². The van der Waals surface area contributed by atoms with Gasteiger partial charge in [0.15, 0.2) is 0 Å². The van der Waals surface area contributed by atoms with E-state index in [9.17, 15) is 4.79 Å². The molecule has 100 valence electrons. The van der Waals surface area contributed by atoms with Crippen molar-refractivity contribution < 1.29 is 4.79 Å². The van der Waals surface area contributed by atoms with E-state index in [0.717, 1.165) is 31.0 Å². The van der Waals surface area contributed by atoms with Gasteiger partial charge in [-0.05, 0) is 13.8 Å². The third kappa shape index (κ3) is 3.26. The predicted octanol–water partition coefficient (Wildman–Crippen LogP) is 0.805. The van der Waals surface area contributed by atoms with Gasteiger partial charge in [0, 0.05) is 43.4 Å². The van der Waals surface area contributed by atoms with Gasteiger partial charge in [0.05, 0.1) is 11.3 Å². The van der Waals surface area contributed by atoms with Crippen molar-refractivity contribution >= 4 is 17.7 Å². The summed E-state index contributed by atoms with van der Waals surface area (Å²) in [7, 11) is 0. The number of hydrogen-bond donors (Lipinski definition) is 2. The maximum Gasteiger partial charge on any atom is 0.255 e. The van der Waals surface area contributed by atoms with E-state index in [4.69, 9.17) is 0 Å². The first-order valence-electron chi connectivity index (χ1n) is 6.28. The highest BCUT2D eigenvalue weighted by molar-refractivity contribution is 7.99. The highest BCUT2D eigenvalue weighted by Crippen LogP contribution is 2.09. The first-order valence-corrected chi connectivity index (χ1v) is 7.44. The molecule has 0 atom stereocenters. The zero-order valence-corrected chi connectivity index (χ0v) is 11.8. The second-order valence-corrected chi connectivity index (χ2v) is 5.74. The Kier molecular flexibility index (Phi) is 4.66. The molecule has 1 fully saturated rings. The molecule has 1 aromatic heterocycles. The average Bonchev–Trinajstić information content (AvgIpc) is 2.70. The SMILES string of the molecule is Cc1n[nH]c(C)c1C(=O)NCCN1CCSCC1. The molecule has 0 spiro atoms. The van der Waals surface area contributed by atoms with E-state index in [-0.39, 0.29) is 5.91 Å². The summed E-state index contributed by atoms with van der Waals surface area (Å²) >= 11 is 2.00. The Morgan fingerprint density at radius 1 is 1.44 bits per heavy atom. The van der Waals surface area contributed by atoms with Crippen LogP contribution in [0.5, 0.6) is 0 Å². The molecule has 2 rings (SSSR count). The number of nitrogens with one attached hydrogen (secondary N) is 2. The second kappa shape index (κ2) is 6.24. The van der Waals surface area contributed by atoms with Gasteiger partial charge in [-0.2, -0.15) is 16.9 Å². The molecule has 2 heterocycles. The van der Waals surface area contributed by atoms with Crippen LogP contribution in [0.3, 0.4) is 0 Å². The topological polar surface area (TPSA) is 61.0 Å². The summed E-state index contributed by atoms with van der Waals surface area (Å²) in [4.78, 5) is 14.4. The Bertz CT molecular complexity index is 393. The van der Waals surface area contributed by atoms with E-state index in [1.807, 2.05) is 25.6 Å². The molecular weight excluding hydrogens is 248 g/mol. The Balaban J connectivity index is 1.78. The second-order valence-electron chi connectivity index (χ2n) is 4.52. The lowest BCUT2D eigenvalue weighted by Gasteiger charge is -2.25. The molecule has 0 bridgehead atoms. The van der Waals surface area contributed by atoms with Gasteiger partial charge >= 0.3 is 0 Å². The summed E-state index contributed by atoms with van der Waals surface area (Å²) in [5.74, 6) is 2.38. The van der Waals surface area contributed by atoms with Crippen molar-refractivity contribution in [3.63, 3.8) is 0 Å². The lowest BCUT2D eigenvalue weighted by atomic mass is 10.2. The first kappa shape index (κ1) is 13.4. The van der Waals surface area contributed by atoms with Crippen molar-refractivity contribution in [2.24, 2.45) is 0 Å². The van der Waals surface area contributed by atoms with Crippen LogP contribution < -0.4 is 5.32 Å². The molecule has 1 aromatic rings. The normalized spacial score (nSPS) is 16.8. The van der Waals surface area contributed by atoms with E-state index in [1.54, 1.807) is 0 Å². The van der Waals surface area contributed by atoms with Gasteiger partial charge in [-0.25, -0.2) is 0 Å². The third-order valence-corrected chi connectivity index (χ3v) is 4.11. The highest BCUT2D eigenvalue weighted by Gasteiger charge is 2.15. The van der Waals surface area contributed by atoms with Crippen LogP contribution >= 0.6 is 11.8 Å². The quantitative estimate of drug-likeness (QED) is 0.848. The number of hydrogen-bond acceptors (Lipinski definition) is 4. The van der Waals surface area contributed by atoms with Crippen LogP contribution in [0.4, 0.5) is 0 Å². The fraction of sp³-hybridized carbons (Fsp3) is 0.667. The van der Waals surface area contributed by atoms with Crippen LogP contribution in [0.25, 0.3) is 0 Å².